The number of alkyl halides is 3. The molecule has 0 aliphatic heterocycles. The van der Waals surface area contributed by atoms with E-state index in [0.717, 1.165) is 28.3 Å². The molecule has 1 saturated carbocycles. The molecule has 5 rings (SSSR count). The van der Waals surface area contributed by atoms with Gasteiger partial charge in [-0.3, -0.25) is 9.48 Å². The Kier molecular flexibility index (Phi) is 7.81. The topological polar surface area (TPSA) is 131 Å². The molecule has 1 aliphatic rings. The molecule has 10 nitrogen and oxygen atoms in total. The van der Waals surface area contributed by atoms with Gasteiger partial charge in [0.2, 0.25) is 11.9 Å². The van der Waals surface area contributed by atoms with Gasteiger partial charge in [-0.25, -0.2) is 19.9 Å². The van der Waals surface area contributed by atoms with Gasteiger partial charge in [0.1, 0.15) is 29.0 Å². The molecular formula is C26H27F3N8O2S. The Labute approximate surface area is 231 Å². The summed E-state index contributed by atoms with van der Waals surface area (Å²) in [5.41, 5.74) is 0.0833. The van der Waals surface area contributed by atoms with Gasteiger partial charge in [-0.1, -0.05) is 6.07 Å². The summed E-state index contributed by atoms with van der Waals surface area (Å²) in [5, 5.41) is 21.8. The van der Waals surface area contributed by atoms with Gasteiger partial charge in [-0.15, -0.1) is 11.3 Å². The minimum absolute atomic E-state index is 0.0218. The maximum Gasteiger partial charge on any atom is 0.433 e. The zero-order chi connectivity index (χ0) is 28.3. The minimum Gasteiger partial charge on any atom is -0.383 e. The number of aryl methyl sites for hydroxylation is 2. The van der Waals surface area contributed by atoms with Gasteiger partial charge in [0.25, 0.3) is 0 Å². The third-order valence-electron chi connectivity index (χ3n) is 6.68. The highest BCUT2D eigenvalue weighted by atomic mass is 32.1. The van der Waals surface area contributed by atoms with Gasteiger partial charge in [0, 0.05) is 30.5 Å². The van der Waals surface area contributed by atoms with E-state index in [4.69, 9.17) is 0 Å². The number of aliphatic hydroxyl groups is 1. The highest BCUT2D eigenvalue weighted by Gasteiger charge is 2.38. The normalized spacial score (nSPS) is 19.4. The van der Waals surface area contributed by atoms with E-state index in [-0.39, 0.29) is 17.9 Å². The highest BCUT2D eigenvalue weighted by molar-refractivity contribution is 7.15. The van der Waals surface area contributed by atoms with Crippen LogP contribution in [0.3, 0.4) is 0 Å². The second-order valence-electron chi connectivity index (χ2n) is 9.79. The van der Waals surface area contributed by atoms with Crippen LogP contribution < -0.4 is 10.6 Å². The second kappa shape index (κ2) is 11.3. The molecule has 0 saturated heterocycles. The number of nitrogens with one attached hydrogen (secondary N) is 2. The second-order valence-corrected chi connectivity index (χ2v) is 10.8. The first-order valence-electron chi connectivity index (χ1n) is 12.7. The summed E-state index contributed by atoms with van der Waals surface area (Å²) in [4.78, 5) is 29.0. The van der Waals surface area contributed by atoms with Crippen molar-refractivity contribution in [2.45, 2.75) is 63.4 Å². The van der Waals surface area contributed by atoms with Crippen LogP contribution in [0, 0.1) is 6.92 Å². The molecule has 1 aromatic carbocycles. The number of hydrogen-bond acceptors (Lipinski definition) is 9. The summed E-state index contributed by atoms with van der Waals surface area (Å²) in [6.07, 6.45) is 3.63. The minimum atomic E-state index is -4.57. The van der Waals surface area contributed by atoms with Gasteiger partial charge in [-0.05, 0) is 61.9 Å². The van der Waals surface area contributed by atoms with Gasteiger partial charge in [-0.2, -0.15) is 18.3 Å². The number of hydrogen-bond donors (Lipinski definition) is 3. The number of amides is 1. The van der Waals surface area contributed by atoms with Crippen molar-refractivity contribution in [1.82, 2.24) is 35.0 Å². The lowest BCUT2D eigenvalue weighted by molar-refractivity contribution is -0.141. The number of rotatable bonds is 8. The van der Waals surface area contributed by atoms with E-state index < -0.39 is 17.5 Å². The van der Waals surface area contributed by atoms with Crippen LogP contribution in [0.25, 0.3) is 10.4 Å². The standard InChI is InChI=1S/C26H27F3N8O2S/c1-16-10-17(12-19(11-16)35-24-31-8-4-21(36-24)26(27,28)29)20-13-32-23(40-20)25(39)6-2-18(3-7-25)34-22(38)5-9-37-15-30-14-33-37/h4,8,10-15,18,39H,2-3,5-7,9H2,1H3,(H,34,38)(H,31,35,36). The number of nitrogens with zero attached hydrogens (tertiary/aromatic N) is 6. The van der Waals surface area contributed by atoms with Gasteiger partial charge in [0.15, 0.2) is 0 Å². The Morgan fingerprint density at radius 3 is 2.75 bits per heavy atom. The van der Waals surface area contributed by atoms with Crippen molar-refractivity contribution < 1.29 is 23.1 Å². The molecule has 40 heavy (non-hydrogen) atoms. The molecule has 1 amide bonds. The van der Waals surface area contributed by atoms with Crippen molar-refractivity contribution in [1.29, 1.82) is 0 Å². The van der Waals surface area contributed by atoms with Crippen LogP contribution in [0.4, 0.5) is 24.8 Å². The third kappa shape index (κ3) is 6.62. The lowest BCUT2D eigenvalue weighted by atomic mass is 9.82. The summed E-state index contributed by atoms with van der Waals surface area (Å²) < 4.78 is 40.7. The number of halogens is 3. The Morgan fingerprint density at radius 1 is 1.23 bits per heavy atom. The first-order chi connectivity index (χ1) is 19.1. The van der Waals surface area contributed by atoms with Crippen LogP contribution in [0.15, 0.2) is 49.3 Å². The molecule has 3 N–H and O–H groups in total. The Morgan fingerprint density at radius 2 is 2.02 bits per heavy atom. The zero-order valence-electron chi connectivity index (χ0n) is 21.5. The van der Waals surface area contributed by atoms with Crippen LogP contribution >= 0.6 is 11.3 Å². The zero-order valence-corrected chi connectivity index (χ0v) is 22.3. The van der Waals surface area contributed by atoms with Crippen LogP contribution in [0.1, 0.15) is 48.4 Å². The van der Waals surface area contributed by atoms with Crippen molar-refractivity contribution in [2.75, 3.05) is 5.32 Å². The molecule has 0 bridgehead atoms. The lowest BCUT2D eigenvalue weighted by Gasteiger charge is -2.34. The van der Waals surface area contributed by atoms with E-state index in [1.807, 2.05) is 13.0 Å². The van der Waals surface area contributed by atoms with Crippen molar-refractivity contribution in [3.05, 3.63) is 65.6 Å². The number of carbonyl (C=O) groups is 1. The molecule has 3 aromatic heterocycles. The van der Waals surface area contributed by atoms with Crippen LogP contribution in [-0.2, 0) is 23.1 Å². The summed E-state index contributed by atoms with van der Waals surface area (Å²) in [6, 6.07) is 6.30. The molecule has 1 aliphatic carbocycles. The lowest BCUT2D eigenvalue weighted by Crippen LogP contribution is -2.42. The molecule has 3 heterocycles. The van der Waals surface area contributed by atoms with Gasteiger partial charge < -0.3 is 15.7 Å². The average Bonchev–Trinajstić information content (AvgIpc) is 3.62. The molecule has 1 fully saturated rings. The van der Waals surface area contributed by atoms with E-state index in [9.17, 15) is 23.1 Å². The fourth-order valence-corrected chi connectivity index (χ4v) is 5.69. The summed E-state index contributed by atoms with van der Waals surface area (Å²) in [5.74, 6) is -0.227. The van der Waals surface area contributed by atoms with Crippen molar-refractivity contribution in [3.8, 4) is 10.4 Å². The Balaban J connectivity index is 1.22. The maximum absolute atomic E-state index is 13.0. The first-order valence-corrected chi connectivity index (χ1v) is 13.5. The fraction of sp³-hybridized carbons (Fsp3) is 0.385. The average molecular weight is 573 g/mol. The number of carbonyl (C=O) groups excluding carboxylic acids is 1. The summed E-state index contributed by atoms with van der Waals surface area (Å²) >= 11 is 1.37. The number of thiazole rings is 1. The van der Waals surface area contributed by atoms with E-state index in [2.05, 4.69) is 35.7 Å². The van der Waals surface area contributed by atoms with E-state index in [1.165, 1.54) is 17.7 Å². The highest BCUT2D eigenvalue weighted by Crippen LogP contribution is 2.41. The monoisotopic (exact) mass is 572 g/mol. The SMILES string of the molecule is Cc1cc(Nc2nccc(C(F)(F)F)n2)cc(-c2cnc(C3(O)CCC(NC(=O)CCn4cncn4)CC3)s2)c1. The number of anilines is 2. The van der Waals surface area contributed by atoms with Gasteiger partial charge in [0.05, 0.1) is 11.4 Å². The molecule has 0 atom stereocenters. The van der Waals surface area contributed by atoms with Crippen LogP contribution in [-0.4, -0.2) is 46.8 Å². The van der Waals surface area contributed by atoms with Crippen LogP contribution in [0.5, 0.6) is 0 Å². The maximum atomic E-state index is 13.0. The summed E-state index contributed by atoms with van der Waals surface area (Å²) in [7, 11) is 0. The fourth-order valence-electron chi connectivity index (χ4n) is 4.64. The van der Waals surface area contributed by atoms with E-state index >= 15 is 0 Å². The van der Waals surface area contributed by atoms with E-state index in [0.29, 0.717) is 49.3 Å². The predicted molar refractivity (Wildman–Crippen MR) is 142 cm³/mol. The predicted octanol–water partition coefficient (Wildman–Crippen LogP) is 4.60. The van der Waals surface area contributed by atoms with Crippen LogP contribution in [0.2, 0.25) is 0 Å². The number of aromatic nitrogens is 6. The van der Waals surface area contributed by atoms with Crippen molar-refractivity contribution in [3.63, 3.8) is 0 Å². The largest absolute Gasteiger partial charge is 0.433 e. The smallest absolute Gasteiger partial charge is 0.383 e. The van der Waals surface area contributed by atoms with E-state index in [1.54, 1.807) is 29.3 Å². The number of benzene rings is 1. The molecular weight excluding hydrogens is 545 g/mol. The third-order valence-corrected chi connectivity index (χ3v) is 7.92. The first kappa shape index (κ1) is 27.6. The molecule has 4 aromatic rings. The Bertz CT molecular complexity index is 1470. The molecule has 0 unspecified atom stereocenters. The van der Waals surface area contributed by atoms with Crippen molar-refractivity contribution in [2.24, 2.45) is 0 Å². The molecule has 14 heteroatoms. The molecule has 210 valence electrons. The Hall–Kier alpha value is -3.91. The quantitative estimate of drug-likeness (QED) is 0.279. The van der Waals surface area contributed by atoms with Crippen molar-refractivity contribution >= 4 is 28.9 Å². The van der Waals surface area contributed by atoms with Gasteiger partial charge >= 0.3 is 6.18 Å². The summed E-state index contributed by atoms with van der Waals surface area (Å²) in [6.45, 7) is 2.33. The molecule has 0 radical (unpaired) electrons. The molecule has 0 spiro atoms.